The van der Waals surface area contributed by atoms with Gasteiger partial charge in [0.2, 0.25) is 0 Å². The van der Waals surface area contributed by atoms with Crippen LogP contribution in [0.2, 0.25) is 0 Å². The van der Waals surface area contributed by atoms with Crippen molar-refractivity contribution in [2.75, 3.05) is 6.61 Å². The number of aldehydes is 1. The standard InChI is InChI=1S/C14H16O3/c1-10(9-16)14(7-8-15)13-5-3-12(4-6-13)11(2)17/h3-6,9,15H,7-8H2,1-2H3/b14-10-. The van der Waals surface area contributed by atoms with Crippen LogP contribution in [-0.4, -0.2) is 23.8 Å². The van der Waals surface area contributed by atoms with Gasteiger partial charge in [-0.15, -0.1) is 0 Å². The van der Waals surface area contributed by atoms with E-state index >= 15 is 0 Å². The summed E-state index contributed by atoms with van der Waals surface area (Å²) in [6.45, 7) is 3.22. The van der Waals surface area contributed by atoms with Crippen molar-refractivity contribution in [3.63, 3.8) is 0 Å². The summed E-state index contributed by atoms with van der Waals surface area (Å²) in [5.74, 6) is 0.0105. The van der Waals surface area contributed by atoms with Gasteiger partial charge in [-0.2, -0.15) is 0 Å². The molecule has 0 fully saturated rings. The van der Waals surface area contributed by atoms with Crippen molar-refractivity contribution >= 4 is 17.6 Å². The van der Waals surface area contributed by atoms with E-state index in [4.69, 9.17) is 5.11 Å². The largest absolute Gasteiger partial charge is 0.396 e. The van der Waals surface area contributed by atoms with E-state index in [9.17, 15) is 9.59 Å². The third-order valence-electron chi connectivity index (χ3n) is 2.65. The molecular weight excluding hydrogens is 216 g/mol. The molecule has 0 aliphatic heterocycles. The minimum absolute atomic E-state index is 0.00499. The number of aliphatic hydroxyl groups excluding tert-OH is 1. The van der Waals surface area contributed by atoms with Gasteiger partial charge in [-0.3, -0.25) is 9.59 Å². The third kappa shape index (κ3) is 3.36. The molecule has 1 rings (SSSR count). The molecule has 17 heavy (non-hydrogen) atoms. The van der Waals surface area contributed by atoms with Crippen molar-refractivity contribution in [3.8, 4) is 0 Å². The molecule has 0 bridgehead atoms. The number of hydrogen-bond acceptors (Lipinski definition) is 3. The number of carbonyl (C=O) groups is 2. The van der Waals surface area contributed by atoms with E-state index in [1.165, 1.54) is 6.92 Å². The molecule has 0 aromatic heterocycles. The summed E-state index contributed by atoms with van der Waals surface area (Å²) >= 11 is 0. The lowest BCUT2D eigenvalue weighted by atomic mass is 9.97. The minimum Gasteiger partial charge on any atom is -0.396 e. The highest BCUT2D eigenvalue weighted by Crippen LogP contribution is 2.21. The second kappa shape index (κ2) is 6.11. The molecule has 0 unspecified atom stereocenters. The van der Waals surface area contributed by atoms with Crippen LogP contribution in [0.1, 0.15) is 36.2 Å². The van der Waals surface area contributed by atoms with Crippen molar-refractivity contribution in [1.82, 2.24) is 0 Å². The van der Waals surface area contributed by atoms with Crippen LogP contribution in [0.4, 0.5) is 0 Å². The van der Waals surface area contributed by atoms with Crippen LogP contribution in [0.3, 0.4) is 0 Å². The first kappa shape index (κ1) is 13.3. The predicted octanol–water partition coefficient (Wildman–Crippen LogP) is 2.24. The molecule has 0 spiro atoms. The smallest absolute Gasteiger partial charge is 0.159 e. The SMILES string of the molecule is CC(=O)c1ccc(/C(CCO)=C(/C)C=O)cc1. The van der Waals surface area contributed by atoms with E-state index in [1.807, 2.05) is 0 Å². The lowest BCUT2D eigenvalue weighted by molar-refractivity contribution is -0.104. The molecule has 0 aliphatic carbocycles. The Morgan fingerprint density at radius 2 is 1.71 bits per heavy atom. The van der Waals surface area contributed by atoms with Gasteiger partial charge in [0.1, 0.15) is 6.29 Å². The Morgan fingerprint density at radius 3 is 2.12 bits per heavy atom. The second-order valence-electron chi connectivity index (χ2n) is 3.89. The van der Waals surface area contributed by atoms with Crippen LogP contribution in [-0.2, 0) is 4.79 Å². The van der Waals surface area contributed by atoms with Crippen molar-refractivity contribution in [1.29, 1.82) is 0 Å². The zero-order valence-electron chi connectivity index (χ0n) is 10.1. The van der Waals surface area contributed by atoms with Crippen molar-refractivity contribution < 1.29 is 14.7 Å². The first-order chi connectivity index (χ1) is 8.10. The number of benzene rings is 1. The molecule has 90 valence electrons. The molecule has 0 saturated carbocycles. The normalized spacial score (nSPS) is 11.9. The van der Waals surface area contributed by atoms with Crippen LogP contribution in [0, 0.1) is 0 Å². The molecule has 0 heterocycles. The zero-order valence-corrected chi connectivity index (χ0v) is 10.1. The van der Waals surface area contributed by atoms with Crippen LogP contribution < -0.4 is 0 Å². The zero-order chi connectivity index (χ0) is 12.8. The summed E-state index contributed by atoms with van der Waals surface area (Å²) in [6, 6.07) is 7.06. The summed E-state index contributed by atoms with van der Waals surface area (Å²) in [5.41, 5.74) is 2.93. The maximum Gasteiger partial charge on any atom is 0.159 e. The van der Waals surface area contributed by atoms with E-state index in [0.717, 1.165) is 17.4 Å². The molecule has 3 nitrogen and oxygen atoms in total. The van der Waals surface area contributed by atoms with Crippen LogP contribution >= 0.6 is 0 Å². The number of rotatable bonds is 5. The number of aliphatic hydroxyl groups is 1. The van der Waals surface area contributed by atoms with Gasteiger partial charge in [0.25, 0.3) is 0 Å². The van der Waals surface area contributed by atoms with E-state index < -0.39 is 0 Å². The fourth-order valence-electron chi connectivity index (χ4n) is 1.66. The highest BCUT2D eigenvalue weighted by molar-refractivity contribution is 5.94. The number of ketones is 1. The second-order valence-corrected chi connectivity index (χ2v) is 3.89. The monoisotopic (exact) mass is 232 g/mol. The Hall–Kier alpha value is -1.74. The van der Waals surface area contributed by atoms with Crippen molar-refractivity contribution in [2.24, 2.45) is 0 Å². The number of allylic oxidation sites excluding steroid dienone is 1. The van der Waals surface area contributed by atoms with Gasteiger partial charge in [-0.1, -0.05) is 24.3 Å². The highest BCUT2D eigenvalue weighted by atomic mass is 16.3. The third-order valence-corrected chi connectivity index (χ3v) is 2.65. The molecule has 0 saturated heterocycles. The minimum atomic E-state index is -0.00499. The van der Waals surface area contributed by atoms with Gasteiger partial charge in [0, 0.05) is 12.2 Å². The number of carbonyl (C=O) groups excluding carboxylic acids is 2. The lowest BCUT2D eigenvalue weighted by Gasteiger charge is -2.08. The summed E-state index contributed by atoms with van der Waals surface area (Å²) in [4.78, 5) is 21.9. The Balaban J connectivity index is 3.12. The Labute approximate surface area is 101 Å². The van der Waals surface area contributed by atoms with E-state index in [0.29, 0.717) is 17.6 Å². The van der Waals surface area contributed by atoms with Gasteiger partial charge in [-0.05, 0) is 37.0 Å². The van der Waals surface area contributed by atoms with E-state index in [2.05, 4.69) is 0 Å². The Kier molecular flexibility index (Phi) is 4.79. The Morgan fingerprint density at radius 1 is 1.18 bits per heavy atom. The van der Waals surface area contributed by atoms with Gasteiger partial charge in [0.15, 0.2) is 5.78 Å². The Bertz CT molecular complexity index is 441. The number of hydrogen-bond donors (Lipinski definition) is 1. The number of Topliss-reactive ketones (excluding diaryl/α,β-unsaturated/α-hetero) is 1. The average molecular weight is 232 g/mol. The van der Waals surface area contributed by atoms with Crippen LogP contribution in [0.25, 0.3) is 5.57 Å². The fraction of sp³-hybridized carbons (Fsp3) is 0.286. The predicted molar refractivity (Wildman–Crippen MR) is 66.8 cm³/mol. The molecule has 0 aliphatic rings. The first-order valence-electron chi connectivity index (χ1n) is 5.47. The topological polar surface area (TPSA) is 54.4 Å². The summed E-state index contributed by atoms with van der Waals surface area (Å²) < 4.78 is 0. The van der Waals surface area contributed by atoms with Gasteiger partial charge in [-0.25, -0.2) is 0 Å². The molecule has 0 atom stereocenters. The lowest BCUT2D eigenvalue weighted by Crippen LogP contribution is -1.96. The molecule has 1 aromatic carbocycles. The molecule has 3 heteroatoms. The maximum atomic E-state index is 11.1. The van der Waals surface area contributed by atoms with Gasteiger partial charge in [0.05, 0.1) is 0 Å². The fourth-order valence-corrected chi connectivity index (χ4v) is 1.66. The van der Waals surface area contributed by atoms with Crippen LogP contribution in [0.5, 0.6) is 0 Å². The van der Waals surface area contributed by atoms with Gasteiger partial charge >= 0.3 is 0 Å². The van der Waals surface area contributed by atoms with E-state index in [1.54, 1.807) is 31.2 Å². The van der Waals surface area contributed by atoms with Gasteiger partial charge < -0.3 is 5.11 Å². The summed E-state index contributed by atoms with van der Waals surface area (Å²) in [7, 11) is 0. The highest BCUT2D eigenvalue weighted by Gasteiger charge is 2.06. The molecule has 0 amide bonds. The molecule has 1 aromatic rings. The quantitative estimate of drug-likeness (QED) is 0.481. The first-order valence-corrected chi connectivity index (χ1v) is 5.47. The van der Waals surface area contributed by atoms with Crippen LogP contribution in [0.15, 0.2) is 29.8 Å². The van der Waals surface area contributed by atoms with E-state index in [-0.39, 0.29) is 12.4 Å². The average Bonchev–Trinajstić information content (AvgIpc) is 2.35. The summed E-state index contributed by atoms with van der Waals surface area (Å²) in [5, 5.41) is 8.98. The maximum absolute atomic E-state index is 11.1. The summed E-state index contributed by atoms with van der Waals surface area (Å²) in [6.07, 6.45) is 1.22. The molecule has 1 N–H and O–H groups in total. The molecular formula is C14H16O3. The van der Waals surface area contributed by atoms with Crippen molar-refractivity contribution in [2.45, 2.75) is 20.3 Å². The molecule has 0 radical (unpaired) electrons. The van der Waals surface area contributed by atoms with Crippen molar-refractivity contribution in [3.05, 3.63) is 41.0 Å².